The summed E-state index contributed by atoms with van der Waals surface area (Å²) in [6.45, 7) is 29.5. The molecule has 2 nitrogen and oxygen atoms in total. The zero-order valence-electron chi connectivity index (χ0n) is 42.8. The van der Waals surface area contributed by atoms with Crippen LogP contribution in [-0.2, 0) is 32.5 Å². The number of rotatable bonds is 4. The second-order valence-electron chi connectivity index (χ2n) is 25.4. The lowest BCUT2D eigenvalue weighted by Crippen LogP contribution is -2.44. The predicted octanol–water partition coefficient (Wildman–Crippen LogP) is 16.8. The normalized spacial score (nSPS) is 19.9. The van der Waals surface area contributed by atoms with Crippen molar-refractivity contribution in [3.8, 4) is 11.1 Å². The molecule has 2 heterocycles. The highest BCUT2D eigenvalue weighted by molar-refractivity contribution is 7.26. The van der Waals surface area contributed by atoms with Crippen LogP contribution in [0.5, 0.6) is 0 Å². The van der Waals surface area contributed by atoms with Crippen molar-refractivity contribution in [3.05, 3.63) is 149 Å². The molecule has 7 aromatic carbocycles. The van der Waals surface area contributed by atoms with E-state index in [0.717, 1.165) is 18.7 Å². The predicted molar refractivity (Wildman–Crippen MR) is 299 cm³/mol. The molecule has 0 saturated carbocycles. The van der Waals surface area contributed by atoms with Crippen molar-refractivity contribution in [2.24, 2.45) is 0 Å². The van der Waals surface area contributed by atoms with Gasteiger partial charge in [-0.05, 0) is 169 Å². The number of hydrogen-bond acceptors (Lipinski definition) is 3. The van der Waals surface area contributed by atoms with Crippen molar-refractivity contribution in [3.63, 3.8) is 0 Å². The summed E-state index contributed by atoms with van der Waals surface area (Å²) in [6.07, 6.45) is 7.16. The van der Waals surface area contributed by atoms with Gasteiger partial charge in [0.15, 0.2) is 7.28 Å². The standard InChI is InChI=1S/C64H69BN2S/c1-59(2)27-29-61(5,6)47-34-39(21-24-45(47)59)66-52-26-23-43-42-19-15-16-20-54(42)68-58(43)55(52)44-33-38-17-13-14-18-41(38)57-56(44)65-51-36-49-50(64(11,12)32-31-63(49,9)10)37-53(51)67(57)40-22-25-46-48(35-40)62(7,8)30-28-60(46,3)4/h13-26,33-37,65-66H,27-32H2,1-12H3. The van der Waals surface area contributed by atoms with E-state index in [-0.39, 0.29) is 32.5 Å². The van der Waals surface area contributed by atoms with Gasteiger partial charge in [0.05, 0.1) is 0 Å². The highest BCUT2D eigenvalue weighted by Gasteiger charge is 2.42. The van der Waals surface area contributed by atoms with Crippen molar-refractivity contribution in [2.75, 3.05) is 10.2 Å². The third-order valence-electron chi connectivity index (χ3n) is 18.1. The molecule has 4 heteroatoms. The maximum Gasteiger partial charge on any atom is 0.198 e. The van der Waals surface area contributed by atoms with Crippen LogP contribution in [0, 0.1) is 0 Å². The second-order valence-corrected chi connectivity index (χ2v) is 26.4. The Morgan fingerprint density at radius 1 is 0.485 bits per heavy atom. The van der Waals surface area contributed by atoms with Crippen LogP contribution in [0.3, 0.4) is 0 Å². The minimum atomic E-state index is 0.0765. The van der Waals surface area contributed by atoms with Gasteiger partial charge >= 0.3 is 0 Å². The maximum atomic E-state index is 4.14. The average Bonchev–Trinajstić information content (AvgIpc) is 3.68. The largest absolute Gasteiger partial charge is 0.355 e. The van der Waals surface area contributed by atoms with E-state index in [1.54, 1.807) is 0 Å². The van der Waals surface area contributed by atoms with E-state index in [1.807, 2.05) is 11.3 Å². The first-order chi connectivity index (χ1) is 32.1. The Morgan fingerprint density at radius 2 is 1.03 bits per heavy atom. The topological polar surface area (TPSA) is 15.3 Å². The van der Waals surface area contributed by atoms with Gasteiger partial charge < -0.3 is 10.2 Å². The van der Waals surface area contributed by atoms with Crippen LogP contribution in [0.25, 0.3) is 42.1 Å². The van der Waals surface area contributed by atoms with Crippen molar-refractivity contribution in [1.82, 2.24) is 0 Å². The summed E-state index contributed by atoms with van der Waals surface area (Å²) in [5.74, 6) is 0. The summed E-state index contributed by atoms with van der Waals surface area (Å²) in [6, 6.07) is 45.7. The summed E-state index contributed by atoms with van der Waals surface area (Å²) < 4.78 is 2.67. The summed E-state index contributed by atoms with van der Waals surface area (Å²) in [5, 5.41) is 9.38. The fraction of sp³-hybridized carbons (Fsp3) is 0.375. The highest BCUT2D eigenvalue weighted by atomic mass is 32.1. The molecule has 12 rings (SSSR count). The molecule has 0 bridgehead atoms. The number of benzene rings is 7. The van der Waals surface area contributed by atoms with Gasteiger partial charge in [0.1, 0.15) is 0 Å². The number of nitrogens with zero attached hydrogens (tertiary/aromatic N) is 1. The Morgan fingerprint density at radius 3 is 1.69 bits per heavy atom. The molecular weight excluding hydrogens is 840 g/mol. The van der Waals surface area contributed by atoms with Crippen LogP contribution in [0.1, 0.15) is 155 Å². The SMILES string of the molecule is CC1(C)CCC(C)(C)c2cc(Nc3ccc4c(sc5ccccc54)c3-c3cc4ccccc4c4c3Bc3cc5c(cc3N4c3ccc4c(c3)C(C)(C)CCC4(C)C)C(C)(C)CCC5(C)C)ccc21. The van der Waals surface area contributed by atoms with E-state index in [4.69, 9.17) is 0 Å². The lowest BCUT2D eigenvalue weighted by Gasteiger charge is -2.45. The van der Waals surface area contributed by atoms with Gasteiger partial charge in [-0.25, -0.2) is 0 Å². The number of hydrogen-bond donors (Lipinski definition) is 1. The number of fused-ring (bicyclic) bond motifs is 10. The van der Waals surface area contributed by atoms with Crippen molar-refractivity contribution in [1.29, 1.82) is 0 Å². The molecule has 0 radical (unpaired) electrons. The Kier molecular flexibility index (Phi) is 9.44. The molecule has 0 unspecified atom stereocenters. The van der Waals surface area contributed by atoms with Gasteiger partial charge in [0.25, 0.3) is 0 Å². The Bertz CT molecular complexity index is 3430. The van der Waals surface area contributed by atoms with Gasteiger partial charge in [0, 0.05) is 59.6 Å². The molecule has 3 aliphatic carbocycles. The van der Waals surface area contributed by atoms with Crippen LogP contribution in [-0.4, -0.2) is 7.28 Å². The van der Waals surface area contributed by atoms with Gasteiger partial charge in [-0.15, -0.1) is 11.3 Å². The van der Waals surface area contributed by atoms with Crippen molar-refractivity contribution >= 4 is 88.9 Å². The Balaban J connectivity index is 1.16. The van der Waals surface area contributed by atoms with Crippen molar-refractivity contribution in [2.45, 2.75) is 154 Å². The van der Waals surface area contributed by atoms with E-state index >= 15 is 0 Å². The van der Waals surface area contributed by atoms with Gasteiger partial charge in [0.2, 0.25) is 0 Å². The fourth-order valence-electron chi connectivity index (χ4n) is 13.3. The molecule has 344 valence electrons. The number of anilines is 5. The molecule has 1 N–H and O–H groups in total. The third kappa shape index (κ3) is 6.62. The van der Waals surface area contributed by atoms with Crippen LogP contribution in [0.4, 0.5) is 28.4 Å². The van der Waals surface area contributed by atoms with Gasteiger partial charge in [-0.3, -0.25) is 0 Å². The highest BCUT2D eigenvalue weighted by Crippen LogP contribution is 2.54. The lowest BCUT2D eigenvalue weighted by molar-refractivity contribution is 0.332. The number of nitrogens with one attached hydrogen (secondary N) is 1. The Labute approximate surface area is 410 Å². The van der Waals surface area contributed by atoms with Crippen molar-refractivity contribution < 1.29 is 0 Å². The molecule has 1 aliphatic heterocycles. The first-order valence-electron chi connectivity index (χ1n) is 25.7. The van der Waals surface area contributed by atoms with E-state index in [1.165, 1.54) is 142 Å². The van der Waals surface area contributed by atoms with Gasteiger partial charge in [-0.1, -0.05) is 155 Å². The summed E-state index contributed by atoms with van der Waals surface area (Å²) in [4.78, 5) is 2.72. The fourth-order valence-corrected chi connectivity index (χ4v) is 14.6. The minimum absolute atomic E-state index is 0.0765. The molecule has 0 spiro atoms. The van der Waals surface area contributed by atoms with E-state index in [9.17, 15) is 0 Å². The molecule has 0 amide bonds. The Hall–Kier alpha value is -5.32. The molecule has 0 atom stereocenters. The monoisotopic (exact) mass is 909 g/mol. The van der Waals surface area contributed by atoms with Crippen LogP contribution in [0.15, 0.2) is 115 Å². The molecule has 68 heavy (non-hydrogen) atoms. The van der Waals surface area contributed by atoms with Crippen LogP contribution >= 0.6 is 11.3 Å². The van der Waals surface area contributed by atoms with E-state index in [0.29, 0.717) is 0 Å². The molecule has 1 aromatic heterocycles. The zero-order chi connectivity index (χ0) is 47.5. The molecule has 0 fully saturated rings. The summed E-state index contributed by atoms with van der Waals surface area (Å²) in [5.41, 5.74) is 21.4. The van der Waals surface area contributed by atoms with Gasteiger partial charge in [-0.2, -0.15) is 0 Å². The minimum Gasteiger partial charge on any atom is -0.355 e. The lowest BCUT2D eigenvalue weighted by atomic mass is 9.54. The zero-order valence-corrected chi connectivity index (χ0v) is 43.6. The number of thiophene rings is 1. The summed E-state index contributed by atoms with van der Waals surface area (Å²) in [7, 11) is 0.859. The molecule has 0 saturated heterocycles. The smallest absolute Gasteiger partial charge is 0.198 e. The van der Waals surface area contributed by atoms with E-state index < -0.39 is 0 Å². The third-order valence-corrected chi connectivity index (χ3v) is 19.3. The second kappa shape index (κ2) is 14.6. The average molecular weight is 909 g/mol. The van der Waals surface area contributed by atoms with E-state index in [2.05, 4.69) is 209 Å². The quantitative estimate of drug-likeness (QED) is 0.177. The maximum absolute atomic E-state index is 4.14. The first-order valence-corrected chi connectivity index (χ1v) is 26.5. The van der Waals surface area contributed by atoms with Crippen LogP contribution < -0.4 is 21.1 Å². The van der Waals surface area contributed by atoms with Crippen LogP contribution in [0.2, 0.25) is 0 Å². The molecule has 8 aromatic rings. The summed E-state index contributed by atoms with van der Waals surface area (Å²) >= 11 is 1.95. The first kappa shape index (κ1) is 43.9. The molecular formula is C64H69BN2S. The molecule has 4 aliphatic rings.